The molecule has 0 radical (unpaired) electrons. The van der Waals surface area contributed by atoms with Gasteiger partial charge in [0.15, 0.2) is 0 Å². The lowest BCUT2D eigenvalue weighted by molar-refractivity contribution is 0.102. The summed E-state index contributed by atoms with van der Waals surface area (Å²) in [7, 11) is 0. The van der Waals surface area contributed by atoms with E-state index in [1.165, 1.54) is 53.2 Å². The Morgan fingerprint density at radius 1 is 1.00 bits per heavy atom. The van der Waals surface area contributed by atoms with Crippen LogP contribution in [0.15, 0.2) is 71.7 Å². The Kier molecular flexibility index (Phi) is 4.70. The summed E-state index contributed by atoms with van der Waals surface area (Å²) in [6.45, 7) is 0.206. The summed E-state index contributed by atoms with van der Waals surface area (Å²) in [6, 6.07) is 14.3. The van der Waals surface area contributed by atoms with Crippen LogP contribution in [0.2, 0.25) is 0 Å². The Morgan fingerprint density at radius 3 is 2.52 bits per heavy atom. The van der Waals surface area contributed by atoms with Crippen molar-refractivity contribution >= 4 is 11.6 Å². The van der Waals surface area contributed by atoms with Crippen LogP contribution < -0.4 is 10.9 Å². The van der Waals surface area contributed by atoms with E-state index in [9.17, 15) is 18.4 Å². The van der Waals surface area contributed by atoms with Crippen LogP contribution in [0.3, 0.4) is 0 Å². The van der Waals surface area contributed by atoms with Gasteiger partial charge in [-0.3, -0.25) is 9.59 Å². The monoisotopic (exact) mass is 340 g/mol. The summed E-state index contributed by atoms with van der Waals surface area (Å²) in [6.07, 6.45) is 1.49. The van der Waals surface area contributed by atoms with Gasteiger partial charge in [-0.05, 0) is 35.9 Å². The Bertz CT molecular complexity index is 983. The molecule has 3 rings (SSSR count). The average molecular weight is 340 g/mol. The number of carbonyl (C=O) groups is 1. The van der Waals surface area contributed by atoms with E-state index in [2.05, 4.69) is 5.32 Å². The number of benzene rings is 2. The van der Waals surface area contributed by atoms with Crippen LogP contribution in [-0.4, -0.2) is 10.5 Å². The van der Waals surface area contributed by atoms with E-state index in [1.54, 1.807) is 18.2 Å². The molecule has 0 fully saturated rings. The molecule has 6 heteroatoms. The molecule has 0 aliphatic heterocycles. The number of amides is 1. The van der Waals surface area contributed by atoms with Crippen molar-refractivity contribution in [3.05, 3.63) is 100.0 Å². The number of nitrogens with zero attached hydrogens (tertiary/aromatic N) is 1. The standard InChI is InChI=1S/C19H14F2N2O2/c20-14-5-3-4-13(10-14)12-23-9-8-15(11-18(23)24)22-19(25)16-6-1-2-7-17(16)21/h1-11H,12H2,(H,22,25). The lowest BCUT2D eigenvalue weighted by atomic mass is 10.2. The van der Waals surface area contributed by atoms with Gasteiger partial charge in [0, 0.05) is 18.0 Å². The predicted molar refractivity (Wildman–Crippen MR) is 90.6 cm³/mol. The van der Waals surface area contributed by atoms with Gasteiger partial charge < -0.3 is 9.88 Å². The molecule has 2 aromatic carbocycles. The average Bonchev–Trinajstić information content (AvgIpc) is 2.58. The molecule has 126 valence electrons. The number of halogens is 2. The summed E-state index contributed by atoms with van der Waals surface area (Å²) in [5.41, 5.74) is 0.432. The number of nitrogens with one attached hydrogen (secondary N) is 1. The van der Waals surface area contributed by atoms with Crippen LogP contribution >= 0.6 is 0 Å². The third-order valence-corrected chi connectivity index (χ3v) is 3.61. The Hall–Kier alpha value is -3.28. The number of rotatable bonds is 4. The fraction of sp³-hybridized carbons (Fsp3) is 0.0526. The number of hydrogen-bond acceptors (Lipinski definition) is 2. The van der Waals surface area contributed by atoms with Crippen molar-refractivity contribution in [2.24, 2.45) is 0 Å². The molecule has 1 amide bonds. The van der Waals surface area contributed by atoms with E-state index in [0.29, 0.717) is 5.56 Å². The number of pyridine rings is 1. The van der Waals surface area contributed by atoms with Gasteiger partial charge in [0.25, 0.3) is 11.5 Å². The SMILES string of the molecule is O=C(Nc1ccn(Cc2cccc(F)c2)c(=O)c1)c1ccccc1F. The van der Waals surface area contributed by atoms with Crippen LogP contribution in [-0.2, 0) is 6.54 Å². The smallest absolute Gasteiger partial charge is 0.258 e. The van der Waals surface area contributed by atoms with Gasteiger partial charge in [-0.2, -0.15) is 0 Å². The maximum absolute atomic E-state index is 13.6. The molecule has 1 heterocycles. The highest BCUT2D eigenvalue weighted by atomic mass is 19.1. The van der Waals surface area contributed by atoms with Gasteiger partial charge in [-0.15, -0.1) is 0 Å². The molecule has 1 aromatic heterocycles. The second-order valence-electron chi connectivity index (χ2n) is 5.45. The molecule has 0 unspecified atom stereocenters. The van der Waals surface area contributed by atoms with Crippen LogP contribution in [0.4, 0.5) is 14.5 Å². The second kappa shape index (κ2) is 7.09. The summed E-state index contributed by atoms with van der Waals surface area (Å²) in [5.74, 6) is -1.65. The molecular weight excluding hydrogens is 326 g/mol. The number of anilines is 1. The molecule has 4 nitrogen and oxygen atoms in total. The van der Waals surface area contributed by atoms with Gasteiger partial charge in [0.05, 0.1) is 12.1 Å². The third-order valence-electron chi connectivity index (χ3n) is 3.61. The molecular formula is C19H14F2N2O2. The maximum Gasteiger partial charge on any atom is 0.258 e. The minimum absolute atomic E-state index is 0.105. The van der Waals surface area contributed by atoms with Crippen molar-refractivity contribution in [2.45, 2.75) is 6.54 Å². The van der Waals surface area contributed by atoms with E-state index in [1.807, 2.05) is 0 Å². The van der Waals surface area contributed by atoms with Gasteiger partial charge in [0.1, 0.15) is 11.6 Å². The summed E-state index contributed by atoms with van der Waals surface area (Å²) < 4.78 is 28.2. The van der Waals surface area contributed by atoms with Crippen molar-refractivity contribution in [3.8, 4) is 0 Å². The molecule has 0 atom stereocenters. The minimum Gasteiger partial charge on any atom is -0.322 e. The van der Waals surface area contributed by atoms with Crippen LogP contribution in [0, 0.1) is 11.6 Å². The molecule has 0 aliphatic rings. The van der Waals surface area contributed by atoms with Gasteiger partial charge in [-0.25, -0.2) is 8.78 Å². The molecule has 0 saturated heterocycles. The number of aromatic nitrogens is 1. The quantitative estimate of drug-likeness (QED) is 0.791. The van der Waals surface area contributed by atoms with E-state index in [4.69, 9.17) is 0 Å². The first kappa shape index (κ1) is 16.6. The maximum atomic E-state index is 13.6. The topological polar surface area (TPSA) is 51.1 Å². The molecule has 1 N–H and O–H groups in total. The Labute approximate surface area is 142 Å². The second-order valence-corrected chi connectivity index (χ2v) is 5.45. The van der Waals surface area contributed by atoms with Gasteiger partial charge in [-0.1, -0.05) is 24.3 Å². The van der Waals surface area contributed by atoms with E-state index in [-0.39, 0.29) is 29.2 Å². The fourth-order valence-electron chi connectivity index (χ4n) is 2.39. The fourth-order valence-corrected chi connectivity index (χ4v) is 2.39. The van der Waals surface area contributed by atoms with E-state index in [0.717, 1.165) is 0 Å². The van der Waals surface area contributed by atoms with Crippen LogP contribution in [0.1, 0.15) is 15.9 Å². The first-order valence-corrected chi connectivity index (χ1v) is 7.54. The molecule has 0 aliphatic carbocycles. The molecule has 0 bridgehead atoms. The highest BCUT2D eigenvalue weighted by molar-refractivity contribution is 6.04. The first-order valence-electron chi connectivity index (χ1n) is 7.54. The molecule has 25 heavy (non-hydrogen) atoms. The minimum atomic E-state index is -0.639. The number of hydrogen-bond donors (Lipinski definition) is 1. The van der Waals surface area contributed by atoms with E-state index >= 15 is 0 Å². The van der Waals surface area contributed by atoms with Crippen molar-refractivity contribution < 1.29 is 13.6 Å². The molecule has 0 spiro atoms. The van der Waals surface area contributed by atoms with Crippen LogP contribution in [0.25, 0.3) is 0 Å². The highest BCUT2D eigenvalue weighted by Crippen LogP contribution is 2.11. The highest BCUT2D eigenvalue weighted by Gasteiger charge is 2.11. The summed E-state index contributed by atoms with van der Waals surface area (Å²) in [5, 5.41) is 2.49. The molecule has 0 saturated carbocycles. The lowest BCUT2D eigenvalue weighted by Crippen LogP contribution is -2.21. The van der Waals surface area contributed by atoms with Gasteiger partial charge in [0.2, 0.25) is 0 Å². The summed E-state index contributed by atoms with van der Waals surface area (Å²) in [4.78, 5) is 24.2. The molecule has 3 aromatic rings. The largest absolute Gasteiger partial charge is 0.322 e. The zero-order chi connectivity index (χ0) is 17.8. The van der Waals surface area contributed by atoms with Gasteiger partial charge >= 0.3 is 0 Å². The van der Waals surface area contributed by atoms with E-state index < -0.39 is 11.7 Å². The Morgan fingerprint density at radius 2 is 1.80 bits per heavy atom. The van der Waals surface area contributed by atoms with Crippen LogP contribution in [0.5, 0.6) is 0 Å². The van der Waals surface area contributed by atoms with Crippen molar-refractivity contribution in [2.75, 3.05) is 5.32 Å². The first-order chi connectivity index (χ1) is 12.0. The van der Waals surface area contributed by atoms with Crippen molar-refractivity contribution in [1.82, 2.24) is 4.57 Å². The normalized spacial score (nSPS) is 10.5. The zero-order valence-corrected chi connectivity index (χ0v) is 13.1. The third kappa shape index (κ3) is 3.98. The van der Waals surface area contributed by atoms with Crippen molar-refractivity contribution in [1.29, 1.82) is 0 Å². The predicted octanol–water partition coefficient (Wildman–Crippen LogP) is 3.43. The summed E-state index contributed by atoms with van der Waals surface area (Å²) >= 11 is 0. The Balaban J connectivity index is 1.77. The zero-order valence-electron chi connectivity index (χ0n) is 13.1. The lowest BCUT2D eigenvalue weighted by Gasteiger charge is -2.09. The van der Waals surface area contributed by atoms with Crippen molar-refractivity contribution in [3.63, 3.8) is 0 Å². The number of carbonyl (C=O) groups excluding carboxylic acids is 1.